The number of ketones is 1. The van der Waals surface area contributed by atoms with Gasteiger partial charge in [0.1, 0.15) is 0 Å². The lowest BCUT2D eigenvalue weighted by Gasteiger charge is -2.07. The molecule has 1 heterocycles. The number of hydrogen-bond acceptors (Lipinski definition) is 4. The molecule has 0 aliphatic carbocycles. The summed E-state index contributed by atoms with van der Waals surface area (Å²) < 4.78 is -1.92. The third-order valence-corrected chi connectivity index (χ3v) is 3.47. The Morgan fingerprint density at radius 2 is 1.93 bits per heavy atom. The lowest BCUT2D eigenvalue weighted by Crippen LogP contribution is -2.18. The Kier molecular flexibility index (Phi) is 3.87. The molecule has 7 heteroatoms. The summed E-state index contributed by atoms with van der Waals surface area (Å²) in [5.74, 6) is -0.532. The molecule has 0 fully saturated rings. The van der Waals surface area contributed by atoms with Gasteiger partial charge < -0.3 is 4.90 Å². The lowest BCUT2D eigenvalue weighted by atomic mass is 10.3. The molecule has 1 aromatic rings. The summed E-state index contributed by atoms with van der Waals surface area (Å²) in [6.07, 6.45) is 0. The second-order valence-corrected chi connectivity index (χ2v) is 6.39. The molecule has 0 radical (unpaired) electrons. The molecule has 3 nitrogen and oxygen atoms in total. The first-order chi connectivity index (χ1) is 6.73. The third-order valence-electron chi connectivity index (χ3n) is 1.63. The van der Waals surface area contributed by atoms with Crippen LogP contribution in [0.1, 0.15) is 15.4 Å². The van der Waals surface area contributed by atoms with E-state index in [0.29, 0.717) is 15.7 Å². The van der Waals surface area contributed by atoms with Crippen LogP contribution in [0.2, 0.25) is 0 Å². The first kappa shape index (κ1) is 13.0. The van der Waals surface area contributed by atoms with Crippen LogP contribution < -0.4 is 4.90 Å². The van der Waals surface area contributed by atoms with Crippen LogP contribution in [0.4, 0.5) is 5.13 Å². The number of rotatable bonds is 2. The van der Waals surface area contributed by atoms with Gasteiger partial charge in [-0.1, -0.05) is 46.1 Å². The van der Waals surface area contributed by atoms with Gasteiger partial charge in [-0.15, -0.1) is 0 Å². The molecule has 0 atom stereocenters. The summed E-state index contributed by atoms with van der Waals surface area (Å²) in [5, 5.41) is 0.713. The van der Waals surface area contributed by atoms with E-state index in [0.717, 1.165) is 0 Å². The van der Waals surface area contributed by atoms with Crippen LogP contribution in [0.25, 0.3) is 0 Å². The standard InChI is InChI=1S/C8H9Cl3N2OS/c1-4-5(6(14)8(9,10)11)15-7(12-4)13(2)3/h1-3H3. The summed E-state index contributed by atoms with van der Waals surface area (Å²) in [6.45, 7) is 1.72. The number of hydrogen-bond donors (Lipinski definition) is 0. The van der Waals surface area contributed by atoms with E-state index in [1.165, 1.54) is 11.3 Å². The maximum atomic E-state index is 11.7. The van der Waals surface area contributed by atoms with Crippen LogP contribution in [0, 0.1) is 6.92 Å². The molecule has 0 saturated carbocycles. The lowest BCUT2D eigenvalue weighted by molar-refractivity contribution is 0.0999. The summed E-state index contributed by atoms with van der Waals surface area (Å²) in [5.41, 5.74) is 0.583. The van der Waals surface area contributed by atoms with Gasteiger partial charge in [0, 0.05) is 14.1 Å². The Balaban J connectivity index is 3.11. The van der Waals surface area contributed by atoms with Crippen molar-refractivity contribution in [1.82, 2.24) is 4.98 Å². The zero-order valence-electron chi connectivity index (χ0n) is 8.34. The third kappa shape index (κ3) is 2.97. The van der Waals surface area contributed by atoms with Gasteiger partial charge in [0.2, 0.25) is 5.78 Å². The van der Waals surface area contributed by atoms with Gasteiger partial charge in [-0.25, -0.2) is 4.98 Å². The first-order valence-electron chi connectivity index (χ1n) is 3.99. The van der Waals surface area contributed by atoms with E-state index in [1.54, 1.807) is 11.8 Å². The first-order valence-corrected chi connectivity index (χ1v) is 5.94. The smallest absolute Gasteiger partial charge is 0.254 e. The number of halogens is 3. The van der Waals surface area contributed by atoms with E-state index in [4.69, 9.17) is 34.8 Å². The van der Waals surface area contributed by atoms with Gasteiger partial charge in [0.15, 0.2) is 5.13 Å². The Morgan fingerprint density at radius 3 is 2.27 bits per heavy atom. The van der Waals surface area contributed by atoms with Crippen LogP contribution in [-0.4, -0.2) is 28.7 Å². The number of anilines is 1. The number of thiazole rings is 1. The number of nitrogens with zero attached hydrogens (tertiary/aromatic N) is 2. The van der Waals surface area contributed by atoms with Crippen molar-refractivity contribution in [3.63, 3.8) is 0 Å². The normalized spacial score (nSPS) is 11.6. The maximum absolute atomic E-state index is 11.7. The largest absolute Gasteiger partial charge is 0.354 e. The van der Waals surface area contributed by atoms with Crippen molar-refractivity contribution >= 4 is 57.1 Å². The number of aryl methyl sites for hydroxylation is 1. The molecule has 0 aliphatic rings. The van der Waals surface area contributed by atoms with E-state index < -0.39 is 9.58 Å². The molecule has 15 heavy (non-hydrogen) atoms. The number of carbonyl (C=O) groups is 1. The highest BCUT2D eigenvalue weighted by molar-refractivity contribution is 7.18. The predicted molar refractivity (Wildman–Crippen MR) is 65.8 cm³/mol. The minimum absolute atomic E-state index is 0.388. The number of alkyl halides is 3. The molecule has 0 N–H and O–H groups in total. The Bertz CT molecular complexity index is 384. The van der Waals surface area contributed by atoms with Crippen molar-refractivity contribution in [2.75, 3.05) is 19.0 Å². The van der Waals surface area contributed by atoms with Gasteiger partial charge in [-0.05, 0) is 6.92 Å². The van der Waals surface area contributed by atoms with E-state index in [-0.39, 0.29) is 0 Å². The van der Waals surface area contributed by atoms with Crippen LogP contribution in [0.15, 0.2) is 0 Å². The SMILES string of the molecule is Cc1nc(N(C)C)sc1C(=O)C(Cl)(Cl)Cl. The van der Waals surface area contributed by atoms with Crippen molar-refractivity contribution in [3.8, 4) is 0 Å². The van der Waals surface area contributed by atoms with Crippen molar-refractivity contribution in [3.05, 3.63) is 10.6 Å². The van der Waals surface area contributed by atoms with Crippen LogP contribution >= 0.6 is 46.1 Å². The Morgan fingerprint density at radius 1 is 1.40 bits per heavy atom. The molecule has 0 unspecified atom stereocenters. The van der Waals surface area contributed by atoms with Crippen molar-refractivity contribution in [2.45, 2.75) is 10.7 Å². The quantitative estimate of drug-likeness (QED) is 0.619. The molecule has 1 aromatic heterocycles. The van der Waals surface area contributed by atoms with Crippen molar-refractivity contribution in [1.29, 1.82) is 0 Å². The molecule has 0 aromatic carbocycles. The molecular weight excluding hydrogens is 279 g/mol. The molecule has 84 valence electrons. The van der Waals surface area contributed by atoms with Crippen molar-refractivity contribution < 1.29 is 4.79 Å². The van der Waals surface area contributed by atoms with Gasteiger partial charge in [0.25, 0.3) is 3.79 Å². The van der Waals surface area contributed by atoms with E-state index in [2.05, 4.69) is 4.98 Å². The zero-order chi connectivity index (χ0) is 11.8. The molecule has 0 spiro atoms. The molecule has 0 saturated heterocycles. The predicted octanol–water partition coefficient (Wildman–Crippen LogP) is 3.07. The fraction of sp³-hybridized carbons (Fsp3) is 0.500. The van der Waals surface area contributed by atoms with Crippen molar-refractivity contribution in [2.24, 2.45) is 0 Å². The van der Waals surface area contributed by atoms with Crippen LogP contribution in [-0.2, 0) is 0 Å². The average Bonchev–Trinajstić information content (AvgIpc) is 2.44. The van der Waals surface area contributed by atoms with E-state index in [9.17, 15) is 4.79 Å². The Hall–Kier alpha value is -0.0300. The fourth-order valence-electron chi connectivity index (χ4n) is 0.913. The average molecular weight is 288 g/mol. The van der Waals surface area contributed by atoms with E-state index >= 15 is 0 Å². The minimum atomic E-state index is -1.92. The second-order valence-electron chi connectivity index (χ2n) is 3.13. The number of aromatic nitrogens is 1. The monoisotopic (exact) mass is 286 g/mol. The molecule has 0 amide bonds. The molecular formula is C8H9Cl3N2OS. The van der Waals surface area contributed by atoms with Gasteiger partial charge >= 0.3 is 0 Å². The number of Topliss-reactive ketones (excluding diaryl/α,β-unsaturated/α-hetero) is 1. The highest BCUT2D eigenvalue weighted by Gasteiger charge is 2.34. The van der Waals surface area contributed by atoms with Gasteiger partial charge in [-0.2, -0.15) is 0 Å². The highest BCUT2D eigenvalue weighted by atomic mass is 35.6. The summed E-state index contributed by atoms with van der Waals surface area (Å²) in [4.78, 5) is 18.1. The van der Waals surface area contributed by atoms with Crippen LogP contribution in [0.3, 0.4) is 0 Å². The summed E-state index contributed by atoms with van der Waals surface area (Å²) in [7, 11) is 3.67. The molecule has 0 bridgehead atoms. The van der Waals surface area contributed by atoms with Crippen LogP contribution in [0.5, 0.6) is 0 Å². The number of carbonyl (C=O) groups excluding carboxylic acids is 1. The van der Waals surface area contributed by atoms with Gasteiger partial charge in [-0.3, -0.25) is 4.79 Å². The maximum Gasteiger partial charge on any atom is 0.254 e. The fourth-order valence-corrected chi connectivity index (χ4v) is 2.35. The Labute approximate surface area is 107 Å². The molecule has 0 aliphatic heterocycles. The second kappa shape index (κ2) is 4.45. The topological polar surface area (TPSA) is 33.2 Å². The minimum Gasteiger partial charge on any atom is -0.354 e. The highest BCUT2D eigenvalue weighted by Crippen LogP contribution is 2.35. The van der Waals surface area contributed by atoms with E-state index in [1.807, 2.05) is 14.1 Å². The molecule has 1 rings (SSSR count). The van der Waals surface area contributed by atoms with Gasteiger partial charge in [0.05, 0.1) is 10.6 Å². The summed E-state index contributed by atoms with van der Waals surface area (Å²) >= 11 is 17.8. The zero-order valence-corrected chi connectivity index (χ0v) is 11.4. The summed E-state index contributed by atoms with van der Waals surface area (Å²) in [6, 6.07) is 0.